The summed E-state index contributed by atoms with van der Waals surface area (Å²) >= 11 is 1.25. The van der Waals surface area contributed by atoms with Crippen molar-refractivity contribution in [1.82, 2.24) is 25.4 Å². The van der Waals surface area contributed by atoms with Crippen molar-refractivity contribution in [2.24, 2.45) is 7.05 Å². The Balaban J connectivity index is 2.14. The number of nitrogens with one attached hydrogen (secondary N) is 2. The first-order chi connectivity index (χ1) is 12.1. The molecule has 1 heterocycles. The van der Waals surface area contributed by atoms with Gasteiger partial charge in [0.25, 0.3) is 0 Å². The minimum Gasteiger partial charge on any atom is -0.341 e. The van der Waals surface area contributed by atoms with Crippen molar-refractivity contribution in [2.75, 3.05) is 7.05 Å². The molecular weight excluding hydrogens is 350 g/mol. The highest BCUT2D eigenvalue weighted by Crippen LogP contribution is 2.28. The van der Waals surface area contributed by atoms with Crippen LogP contribution in [0.4, 0.5) is 4.79 Å². The smallest absolute Gasteiger partial charge is 0.321 e. The van der Waals surface area contributed by atoms with Crippen molar-refractivity contribution < 1.29 is 9.59 Å². The predicted molar refractivity (Wildman–Crippen MR) is 103 cm³/mol. The predicted octanol–water partition coefficient (Wildman–Crippen LogP) is 2.72. The van der Waals surface area contributed by atoms with Crippen LogP contribution in [-0.4, -0.2) is 39.0 Å². The monoisotopic (exact) mass is 375 g/mol. The van der Waals surface area contributed by atoms with Gasteiger partial charge in [-0.1, -0.05) is 56.8 Å². The van der Waals surface area contributed by atoms with E-state index < -0.39 is 11.3 Å². The number of amides is 3. The third-order valence-electron chi connectivity index (χ3n) is 3.96. The molecule has 140 valence electrons. The number of thioether (sulfide) groups is 1. The molecule has 0 saturated heterocycles. The normalized spacial score (nSPS) is 12.5. The number of nitrogens with zero attached hydrogens (tertiary/aromatic N) is 3. The van der Waals surface area contributed by atoms with E-state index in [0.29, 0.717) is 5.16 Å². The van der Waals surface area contributed by atoms with E-state index in [2.05, 4.69) is 53.7 Å². The number of carbonyl (C=O) groups excluding carboxylic acids is 2. The van der Waals surface area contributed by atoms with Crippen molar-refractivity contribution in [1.29, 1.82) is 0 Å². The van der Waals surface area contributed by atoms with Crippen molar-refractivity contribution in [2.45, 2.75) is 43.5 Å². The maximum absolute atomic E-state index is 12.0. The molecule has 2 aromatic rings. The lowest BCUT2D eigenvalue weighted by atomic mass is 9.87. The first-order valence-electron chi connectivity index (χ1n) is 8.33. The van der Waals surface area contributed by atoms with Crippen LogP contribution in [0.15, 0.2) is 29.4 Å². The Morgan fingerprint density at radius 1 is 1.15 bits per heavy atom. The summed E-state index contributed by atoms with van der Waals surface area (Å²) in [5, 5.41) is 13.2. The van der Waals surface area contributed by atoms with Crippen molar-refractivity contribution in [3.63, 3.8) is 0 Å². The van der Waals surface area contributed by atoms with Crippen LogP contribution in [-0.2, 0) is 17.3 Å². The van der Waals surface area contributed by atoms with Gasteiger partial charge in [0.05, 0.1) is 5.25 Å². The molecule has 0 aliphatic carbocycles. The van der Waals surface area contributed by atoms with Crippen LogP contribution in [0.3, 0.4) is 0 Å². The van der Waals surface area contributed by atoms with Crippen LogP contribution in [0.2, 0.25) is 0 Å². The molecule has 7 nitrogen and oxygen atoms in total. The number of hydrogen-bond acceptors (Lipinski definition) is 5. The Morgan fingerprint density at radius 3 is 2.31 bits per heavy atom. The van der Waals surface area contributed by atoms with Crippen molar-refractivity contribution in [3.05, 3.63) is 29.8 Å². The van der Waals surface area contributed by atoms with Gasteiger partial charge >= 0.3 is 6.03 Å². The molecule has 3 amide bonds. The number of carbonyl (C=O) groups is 2. The molecule has 1 aromatic carbocycles. The minimum absolute atomic E-state index is 0.0903. The first kappa shape index (κ1) is 20.0. The summed E-state index contributed by atoms with van der Waals surface area (Å²) in [6.45, 7) is 8.23. The Kier molecular flexibility index (Phi) is 6.07. The Morgan fingerprint density at radius 2 is 1.77 bits per heavy atom. The van der Waals surface area contributed by atoms with E-state index in [4.69, 9.17) is 0 Å². The highest BCUT2D eigenvalue weighted by atomic mass is 32.2. The second-order valence-corrected chi connectivity index (χ2v) is 8.33. The Hall–Kier alpha value is -2.35. The molecule has 0 radical (unpaired) electrons. The molecule has 0 aliphatic rings. The van der Waals surface area contributed by atoms with E-state index in [1.54, 1.807) is 6.92 Å². The van der Waals surface area contributed by atoms with E-state index in [9.17, 15) is 9.59 Å². The van der Waals surface area contributed by atoms with Crippen molar-refractivity contribution >= 4 is 23.7 Å². The largest absolute Gasteiger partial charge is 0.341 e. The summed E-state index contributed by atoms with van der Waals surface area (Å²) in [6.07, 6.45) is 0. The average molecular weight is 375 g/mol. The van der Waals surface area contributed by atoms with E-state index in [1.807, 2.05) is 23.7 Å². The first-order valence-corrected chi connectivity index (χ1v) is 9.21. The zero-order chi connectivity index (χ0) is 19.5. The molecule has 1 aromatic heterocycles. The Bertz CT molecular complexity index is 793. The quantitative estimate of drug-likeness (QED) is 0.802. The maximum Gasteiger partial charge on any atom is 0.321 e. The fourth-order valence-corrected chi connectivity index (χ4v) is 3.09. The third kappa shape index (κ3) is 4.63. The zero-order valence-electron chi connectivity index (χ0n) is 16.0. The van der Waals surface area contributed by atoms with Gasteiger partial charge in [-0.2, -0.15) is 0 Å². The topological polar surface area (TPSA) is 88.9 Å². The van der Waals surface area contributed by atoms with Gasteiger partial charge in [0.2, 0.25) is 5.91 Å². The summed E-state index contributed by atoms with van der Waals surface area (Å²) in [5.74, 6) is 0.347. The molecule has 1 atom stereocenters. The fourth-order valence-electron chi connectivity index (χ4n) is 2.28. The number of urea groups is 1. The van der Waals surface area contributed by atoms with Gasteiger partial charge < -0.3 is 9.88 Å². The number of rotatable bonds is 4. The summed E-state index contributed by atoms with van der Waals surface area (Å²) < 4.78 is 1.85. The van der Waals surface area contributed by atoms with Gasteiger partial charge in [-0.15, -0.1) is 10.2 Å². The molecule has 0 fully saturated rings. The van der Waals surface area contributed by atoms with E-state index in [0.717, 1.165) is 11.4 Å². The summed E-state index contributed by atoms with van der Waals surface area (Å²) in [5.41, 5.74) is 2.30. The van der Waals surface area contributed by atoms with E-state index in [1.165, 1.54) is 24.4 Å². The van der Waals surface area contributed by atoms with E-state index in [-0.39, 0.29) is 11.3 Å². The van der Waals surface area contributed by atoms with E-state index >= 15 is 0 Å². The van der Waals surface area contributed by atoms with Gasteiger partial charge in [0.1, 0.15) is 0 Å². The van der Waals surface area contributed by atoms with Crippen molar-refractivity contribution in [3.8, 4) is 11.4 Å². The van der Waals surface area contributed by atoms with Gasteiger partial charge in [-0.3, -0.25) is 10.1 Å². The lowest BCUT2D eigenvalue weighted by molar-refractivity contribution is -0.119. The summed E-state index contributed by atoms with van der Waals surface area (Å²) in [7, 11) is 3.32. The lowest BCUT2D eigenvalue weighted by Gasteiger charge is -2.19. The highest BCUT2D eigenvalue weighted by Gasteiger charge is 2.21. The molecule has 2 rings (SSSR count). The van der Waals surface area contributed by atoms with Gasteiger partial charge in [-0.05, 0) is 17.9 Å². The molecule has 2 N–H and O–H groups in total. The molecule has 26 heavy (non-hydrogen) atoms. The lowest BCUT2D eigenvalue weighted by Crippen LogP contribution is -2.41. The summed E-state index contributed by atoms with van der Waals surface area (Å²) in [6, 6.07) is 7.72. The van der Waals surface area contributed by atoms with Crippen LogP contribution in [0.25, 0.3) is 11.4 Å². The van der Waals surface area contributed by atoms with Crippen LogP contribution in [0.5, 0.6) is 0 Å². The average Bonchev–Trinajstić information content (AvgIpc) is 2.94. The molecule has 0 saturated carbocycles. The van der Waals surface area contributed by atoms with Gasteiger partial charge in [0, 0.05) is 19.7 Å². The zero-order valence-corrected chi connectivity index (χ0v) is 16.8. The number of aromatic nitrogens is 3. The Labute approximate surface area is 158 Å². The second-order valence-electron chi connectivity index (χ2n) is 7.02. The maximum atomic E-state index is 12.0. The molecule has 0 aliphatic heterocycles. The second kappa shape index (κ2) is 7.90. The number of benzene rings is 1. The number of hydrogen-bond donors (Lipinski definition) is 2. The molecule has 0 spiro atoms. The van der Waals surface area contributed by atoms with Crippen LogP contribution < -0.4 is 10.6 Å². The van der Waals surface area contributed by atoms with Crippen LogP contribution >= 0.6 is 11.8 Å². The van der Waals surface area contributed by atoms with Gasteiger partial charge in [0.15, 0.2) is 11.0 Å². The standard InChI is InChI=1S/C18H25N5O2S/c1-11(15(24)20-16(25)19-5)26-17-22-21-14(23(17)6)12-7-9-13(10-8-12)18(2,3)4/h7-11H,1-6H3,(H2,19,20,24,25). The van der Waals surface area contributed by atoms with Crippen LogP contribution in [0, 0.1) is 0 Å². The molecule has 8 heteroatoms. The van der Waals surface area contributed by atoms with Crippen LogP contribution in [0.1, 0.15) is 33.3 Å². The SMILES string of the molecule is CNC(=O)NC(=O)C(C)Sc1nnc(-c2ccc(C(C)(C)C)cc2)n1C. The highest BCUT2D eigenvalue weighted by molar-refractivity contribution is 8.00. The minimum atomic E-state index is -0.528. The number of imide groups is 1. The third-order valence-corrected chi connectivity index (χ3v) is 5.09. The fraction of sp³-hybridized carbons (Fsp3) is 0.444. The molecule has 0 bridgehead atoms. The molecular formula is C18H25N5O2S. The molecule has 1 unspecified atom stereocenters. The summed E-state index contributed by atoms with van der Waals surface area (Å²) in [4.78, 5) is 23.2. The van der Waals surface area contributed by atoms with Gasteiger partial charge in [-0.25, -0.2) is 4.79 Å².